The van der Waals surface area contributed by atoms with Crippen molar-refractivity contribution in [3.05, 3.63) is 6.20 Å². The maximum atomic E-state index is 11.8. The summed E-state index contributed by atoms with van der Waals surface area (Å²) < 4.78 is 30.5. The number of nitrogen functional groups attached to an aromatic ring is 1. The van der Waals surface area contributed by atoms with Crippen LogP contribution in [-0.2, 0) is 17.1 Å². The SMILES string of the molecule is Cn1cc(S(=O)(=O)Nc2nnns2)c(N)n1. The molecule has 0 aliphatic rings. The average molecular weight is 261 g/mol. The number of aromatic nitrogens is 5. The Kier molecular flexibility index (Phi) is 2.47. The molecule has 0 spiro atoms. The molecule has 0 saturated carbocycles. The van der Waals surface area contributed by atoms with E-state index >= 15 is 0 Å². The third kappa shape index (κ3) is 1.94. The molecule has 0 fully saturated rings. The van der Waals surface area contributed by atoms with Gasteiger partial charge in [-0.15, -0.1) is 0 Å². The van der Waals surface area contributed by atoms with Crippen LogP contribution in [0.5, 0.6) is 0 Å². The summed E-state index contributed by atoms with van der Waals surface area (Å²) in [5.74, 6) is -0.0764. The van der Waals surface area contributed by atoms with E-state index < -0.39 is 10.0 Å². The Morgan fingerprint density at radius 3 is 2.81 bits per heavy atom. The zero-order chi connectivity index (χ0) is 11.8. The molecule has 2 heterocycles. The van der Waals surface area contributed by atoms with Gasteiger partial charge in [-0.1, -0.05) is 9.59 Å². The molecule has 9 nitrogen and oxygen atoms in total. The van der Waals surface area contributed by atoms with Crippen molar-refractivity contribution in [1.82, 2.24) is 24.6 Å². The van der Waals surface area contributed by atoms with E-state index in [0.717, 1.165) is 11.5 Å². The van der Waals surface area contributed by atoms with Gasteiger partial charge < -0.3 is 5.73 Å². The lowest BCUT2D eigenvalue weighted by Gasteiger charge is -2.01. The quantitative estimate of drug-likeness (QED) is 0.728. The van der Waals surface area contributed by atoms with Crippen molar-refractivity contribution in [3.8, 4) is 0 Å². The number of nitrogens with one attached hydrogen (secondary N) is 1. The summed E-state index contributed by atoms with van der Waals surface area (Å²) in [5, 5.41) is 10.5. The molecule has 2 aromatic rings. The molecule has 0 saturated heterocycles. The number of hydrogen-bond acceptors (Lipinski definition) is 8. The number of rotatable bonds is 3. The van der Waals surface area contributed by atoms with E-state index in [9.17, 15) is 8.42 Å². The summed E-state index contributed by atoms with van der Waals surface area (Å²) in [6, 6.07) is 0. The highest BCUT2D eigenvalue weighted by molar-refractivity contribution is 7.93. The lowest BCUT2D eigenvalue weighted by Crippen LogP contribution is -2.13. The van der Waals surface area contributed by atoms with E-state index in [1.165, 1.54) is 10.9 Å². The zero-order valence-corrected chi connectivity index (χ0v) is 9.66. The molecule has 86 valence electrons. The zero-order valence-electron chi connectivity index (χ0n) is 8.02. The van der Waals surface area contributed by atoms with E-state index in [2.05, 4.69) is 24.6 Å². The Balaban J connectivity index is 2.36. The van der Waals surface area contributed by atoms with E-state index in [1.807, 2.05) is 0 Å². The van der Waals surface area contributed by atoms with Crippen LogP contribution in [0.3, 0.4) is 0 Å². The summed E-state index contributed by atoms with van der Waals surface area (Å²) in [6.45, 7) is 0. The number of sulfonamides is 1. The van der Waals surface area contributed by atoms with Gasteiger partial charge in [0.2, 0.25) is 5.13 Å². The third-order valence-corrected chi connectivity index (χ3v) is 3.63. The maximum absolute atomic E-state index is 11.8. The second kappa shape index (κ2) is 3.68. The molecule has 3 N–H and O–H groups in total. The molecule has 0 atom stereocenters. The van der Waals surface area contributed by atoms with Crippen LogP contribution in [0.2, 0.25) is 0 Å². The Morgan fingerprint density at radius 2 is 2.31 bits per heavy atom. The topological polar surface area (TPSA) is 129 Å². The fourth-order valence-corrected chi connectivity index (χ4v) is 2.72. The third-order valence-electron chi connectivity index (χ3n) is 1.63. The van der Waals surface area contributed by atoms with Crippen LogP contribution in [0.25, 0.3) is 0 Å². The fourth-order valence-electron chi connectivity index (χ4n) is 1.03. The van der Waals surface area contributed by atoms with Crippen LogP contribution in [-0.4, -0.2) is 33.0 Å². The molecule has 2 aromatic heterocycles. The second-order valence-electron chi connectivity index (χ2n) is 2.83. The maximum Gasteiger partial charge on any atom is 0.269 e. The number of hydrogen-bond donors (Lipinski definition) is 2. The minimum Gasteiger partial charge on any atom is -0.381 e. The highest BCUT2D eigenvalue weighted by Crippen LogP contribution is 2.19. The molecule has 2 rings (SSSR count). The lowest BCUT2D eigenvalue weighted by atomic mass is 10.7. The monoisotopic (exact) mass is 261 g/mol. The van der Waals surface area contributed by atoms with Gasteiger partial charge in [-0.2, -0.15) is 5.10 Å². The van der Waals surface area contributed by atoms with Gasteiger partial charge in [-0.3, -0.25) is 9.40 Å². The minimum absolute atomic E-state index is 0.0725. The first-order valence-electron chi connectivity index (χ1n) is 3.96. The van der Waals surface area contributed by atoms with Crippen molar-refractivity contribution in [2.45, 2.75) is 4.90 Å². The average Bonchev–Trinajstić information content (AvgIpc) is 2.75. The molecule has 11 heteroatoms. The molecule has 0 amide bonds. The van der Waals surface area contributed by atoms with Crippen molar-refractivity contribution in [2.24, 2.45) is 7.05 Å². The minimum atomic E-state index is -3.78. The highest BCUT2D eigenvalue weighted by atomic mass is 32.2. The molecule has 0 aliphatic heterocycles. The van der Waals surface area contributed by atoms with Crippen LogP contribution in [0, 0.1) is 0 Å². The number of nitrogens with two attached hydrogens (primary N) is 1. The summed E-state index contributed by atoms with van der Waals surface area (Å²) in [5.41, 5.74) is 5.46. The van der Waals surface area contributed by atoms with Crippen LogP contribution in [0.4, 0.5) is 10.9 Å². The van der Waals surface area contributed by atoms with E-state index in [0.29, 0.717) is 0 Å². The Morgan fingerprint density at radius 1 is 1.56 bits per heavy atom. The van der Waals surface area contributed by atoms with Crippen molar-refractivity contribution in [1.29, 1.82) is 0 Å². The predicted molar refractivity (Wildman–Crippen MR) is 56.1 cm³/mol. The molecule has 16 heavy (non-hydrogen) atoms. The molecule has 0 aromatic carbocycles. The van der Waals surface area contributed by atoms with Gasteiger partial charge in [0.05, 0.1) is 0 Å². The Hall–Kier alpha value is -1.75. The van der Waals surface area contributed by atoms with Gasteiger partial charge in [-0.05, 0) is 5.21 Å². The van der Waals surface area contributed by atoms with Gasteiger partial charge >= 0.3 is 0 Å². The van der Waals surface area contributed by atoms with E-state index in [4.69, 9.17) is 5.73 Å². The summed E-state index contributed by atoms with van der Waals surface area (Å²) in [4.78, 5) is -0.106. The highest BCUT2D eigenvalue weighted by Gasteiger charge is 2.21. The normalized spacial score (nSPS) is 11.6. The lowest BCUT2D eigenvalue weighted by molar-refractivity contribution is 0.601. The largest absolute Gasteiger partial charge is 0.381 e. The van der Waals surface area contributed by atoms with Gasteiger partial charge in [0.1, 0.15) is 4.90 Å². The predicted octanol–water partition coefficient (Wildman–Crippen LogP) is -0.950. The van der Waals surface area contributed by atoms with Gasteiger partial charge in [0.25, 0.3) is 10.0 Å². The number of nitrogens with zero attached hydrogens (tertiary/aromatic N) is 5. The van der Waals surface area contributed by atoms with Gasteiger partial charge in [0.15, 0.2) is 5.82 Å². The van der Waals surface area contributed by atoms with E-state index in [1.54, 1.807) is 7.05 Å². The molecule has 0 bridgehead atoms. The summed E-state index contributed by atoms with van der Waals surface area (Å²) in [7, 11) is -2.21. The standard InChI is InChI=1S/C5H7N7O2S2/c1-12-2-3(4(6)8-12)16(13,14)9-5-7-10-11-15-5/h2H,1H3,(H2,6,8)(H,7,9,11). The Labute approximate surface area is 94.5 Å². The van der Waals surface area contributed by atoms with Gasteiger partial charge in [-0.25, -0.2) is 8.42 Å². The van der Waals surface area contributed by atoms with Crippen LogP contribution in [0.15, 0.2) is 11.1 Å². The molecule has 0 unspecified atom stereocenters. The fraction of sp³-hybridized carbons (Fsp3) is 0.200. The smallest absolute Gasteiger partial charge is 0.269 e. The van der Waals surface area contributed by atoms with Crippen LogP contribution in [0.1, 0.15) is 0 Å². The van der Waals surface area contributed by atoms with Crippen molar-refractivity contribution < 1.29 is 8.42 Å². The molecular formula is C5H7N7O2S2. The first-order valence-corrected chi connectivity index (χ1v) is 6.21. The first-order chi connectivity index (χ1) is 7.49. The van der Waals surface area contributed by atoms with Crippen LogP contribution < -0.4 is 10.5 Å². The van der Waals surface area contributed by atoms with Gasteiger partial charge in [0, 0.05) is 24.8 Å². The van der Waals surface area contributed by atoms with Crippen LogP contribution >= 0.6 is 11.5 Å². The summed E-state index contributed by atoms with van der Waals surface area (Å²) >= 11 is 0.827. The molecular weight excluding hydrogens is 254 g/mol. The van der Waals surface area contributed by atoms with Crippen molar-refractivity contribution in [2.75, 3.05) is 10.5 Å². The summed E-state index contributed by atoms with van der Waals surface area (Å²) in [6.07, 6.45) is 1.30. The van der Waals surface area contributed by atoms with Crippen molar-refractivity contribution >= 4 is 32.5 Å². The first kappa shape index (κ1) is 10.8. The van der Waals surface area contributed by atoms with Crippen molar-refractivity contribution in [3.63, 3.8) is 0 Å². The van der Waals surface area contributed by atoms with E-state index in [-0.39, 0.29) is 15.8 Å². The molecule has 0 aliphatic carbocycles. The number of aryl methyl sites for hydroxylation is 1. The number of anilines is 2. The molecule has 0 radical (unpaired) electrons. The Bertz CT molecular complexity index is 586. The second-order valence-corrected chi connectivity index (χ2v) is 5.21.